The van der Waals surface area contributed by atoms with Crippen molar-refractivity contribution >= 4 is 50.9 Å². The lowest BCUT2D eigenvalue weighted by Crippen LogP contribution is -2.60. The van der Waals surface area contributed by atoms with E-state index in [2.05, 4.69) is 21.9 Å². The normalized spacial score (nSPS) is 27.0. The summed E-state index contributed by atoms with van der Waals surface area (Å²) in [5.41, 5.74) is 0.284. The Hall–Kier alpha value is -5.31. The number of nitrogens with one attached hydrogen (secondary N) is 3. The molecule has 3 fully saturated rings. The standard InChI is InChI=1S/C41H48N6O8S/c1-7-26-21-41(26,37(50)46-56(52,53)28-15-16-28)45-34(48)31-20-27-22-47(31)36(49)33(39(2,3)4)44-38(51)54-23-40(5,6)18-17-24-11-10-12-25(19-24)32-35(55-27)43-30-14-9-8-13-29(30)42-32/h7-14,17-19,26-28,31,33H,1,15-16,20-23H2,2-6H3,(H,44,51)(H,45,48)(H,46,50)/b18-17+/t26-,27-,31+,33-,41-/m1/s1. The van der Waals surface area contributed by atoms with Gasteiger partial charge in [-0.1, -0.05) is 83.2 Å². The second-order valence-corrected chi connectivity index (χ2v) is 19.0. The number of amides is 4. The first-order valence-electron chi connectivity index (χ1n) is 18.9. The van der Waals surface area contributed by atoms with Gasteiger partial charge in [-0.25, -0.2) is 23.2 Å². The van der Waals surface area contributed by atoms with Gasteiger partial charge in [0.2, 0.25) is 27.7 Å². The van der Waals surface area contributed by atoms with Crippen molar-refractivity contribution in [2.45, 2.75) is 89.3 Å². The zero-order valence-electron chi connectivity index (χ0n) is 32.2. The number of hydrogen-bond donors (Lipinski definition) is 3. The van der Waals surface area contributed by atoms with E-state index in [1.807, 2.05) is 74.5 Å². The smallest absolute Gasteiger partial charge is 0.407 e. The molecule has 3 N–H and O–H groups in total. The van der Waals surface area contributed by atoms with Gasteiger partial charge in [-0.05, 0) is 48.4 Å². The van der Waals surface area contributed by atoms with E-state index in [0.29, 0.717) is 29.6 Å². The highest BCUT2D eigenvalue weighted by Gasteiger charge is 2.62. The van der Waals surface area contributed by atoms with Crippen LogP contribution >= 0.6 is 0 Å². The third-order valence-corrected chi connectivity index (χ3v) is 12.6. The van der Waals surface area contributed by atoms with Crippen molar-refractivity contribution in [1.29, 1.82) is 0 Å². The molecule has 1 aromatic heterocycles. The van der Waals surface area contributed by atoms with Crippen LogP contribution in [0.5, 0.6) is 5.88 Å². The zero-order chi connectivity index (χ0) is 40.2. The van der Waals surface area contributed by atoms with Crippen molar-refractivity contribution in [3.8, 4) is 17.1 Å². The van der Waals surface area contributed by atoms with E-state index < -0.39 is 79.6 Å². The quantitative estimate of drug-likeness (QED) is 0.301. The van der Waals surface area contributed by atoms with Crippen molar-refractivity contribution in [3.63, 3.8) is 0 Å². The maximum Gasteiger partial charge on any atom is 0.407 e. The molecule has 5 atom stereocenters. The number of hydrogen-bond acceptors (Lipinski definition) is 10. The molecule has 296 valence electrons. The Morgan fingerprint density at radius 2 is 1.77 bits per heavy atom. The Balaban J connectivity index is 1.28. The van der Waals surface area contributed by atoms with Gasteiger partial charge in [-0.15, -0.1) is 6.58 Å². The van der Waals surface area contributed by atoms with E-state index in [1.165, 1.54) is 11.0 Å². The van der Waals surface area contributed by atoms with Gasteiger partial charge >= 0.3 is 6.09 Å². The number of para-hydroxylation sites is 2. The summed E-state index contributed by atoms with van der Waals surface area (Å²) in [6, 6.07) is 12.7. The van der Waals surface area contributed by atoms with Crippen LogP contribution in [0.2, 0.25) is 0 Å². The fourth-order valence-corrected chi connectivity index (χ4v) is 8.56. The molecule has 14 nitrogen and oxygen atoms in total. The van der Waals surface area contributed by atoms with Crippen molar-refractivity contribution in [2.24, 2.45) is 16.7 Å². The van der Waals surface area contributed by atoms with Crippen molar-refractivity contribution in [2.75, 3.05) is 13.2 Å². The monoisotopic (exact) mass is 784 g/mol. The molecule has 56 heavy (non-hydrogen) atoms. The van der Waals surface area contributed by atoms with E-state index >= 15 is 0 Å². The molecule has 3 heterocycles. The first-order chi connectivity index (χ1) is 26.4. The number of benzene rings is 2. The molecular formula is C41H48N6O8S. The molecular weight excluding hydrogens is 737 g/mol. The van der Waals surface area contributed by atoms with Crippen LogP contribution in [-0.2, 0) is 29.1 Å². The van der Waals surface area contributed by atoms with Crippen LogP contribution in [0.4, 0.5) is 4.79 Å². The van der Waals surface area contributed by atoms with Crippen molar-refractivity contribution in [3.05, 3.63) is 72.8 Å². The van der Waals surface area contributed by atoms with Crippen LogP contribution in [0.25, 0.3) is 28.4 Å². The second-order valence-electron chi connectivity index (χ2n) is 17.0. The minimum atomic E-state index is -3.92. The number of alkyl carbamates (subject to hydrolysis) is 1. The summed E-state index contributed by atoms with van der Waals surface area (Å²) in [4.78, 5) is 67.2. The summed E-state index contributed by atoms with van der Waals surface area (Å²) in [5.74, 6) is -2.43. The lowest BCUT2D eigenvalue weighted by Gasteiger charge is -2.35. The van der Waals surface area contributed by atoms with Gasteiger partial charge < -0.3 is 25.0 Å². The van der Waals surface area contributed by atoms with Gasteiger partial charge in [0.15, 0.2) is 0 Å². The predicted octanol–water partition coefficient (Wildman–Crippen LogP) is 4.51. The zero-order valence-corrected chi connectivity index (χ0v) is 33.0. The molecule has 2 aromatic carbocycles. The van der Waals surface area contributed by atoms with Gasteiger partial charge in [0.05, 0.1) is 22.8 Å². The minimum absolute atomic E-state index is 0.0100. The van der Waals surface area contributed by atoms with E-state index in [9.17, 15) is 27.6 Å². The number of fused-ring (bicyclic) bond motifs is 7. The van der Waals surface area contributed by atoms with Crippen LogP contribution in [-0.4, -0.2) is 89.2 Å². The number of nitrogens with zero attached hydrogens (tertiary/aromatic N) is 3. The van der Waals surface area contributed by atoms with E-state index in [-0.39, 0.29) is 31.9 Å². The molecule has 0 spiro atoms. The molecule has 4 amide bonds. The number of sulfonamides is 1. The van der Waals surface area contributed by atoms with Crippen molar-refractivity contribution in [1.82, 2.24) is 30.2 Å². The first-order valence-corrected chi connectivity index (χ1v) is 20.4. The third kappa shape index (κ3) is 7.99. The molecule has 3 aromatic rings. The Morgan fingerprint density at radius 3 is 2.43 bits per heavy atom. The molecule has 2 aliphatic carbocycles. The number of rotatable bonds is 6. The van der Waals surface area contributed by atoms with Crippen LogP contribution < -0.4 is 20.1 Å². The van der Waals surface area contributed by atoms with Gasteiger partial charge in [0.1, 0.15) is 36.0 Å². The van der Waals surface area contributed by atoms with E-state index in [4.69, 9.17) is 19.4 Å². The molecule has 0 unspecified atom stereocenters. The van der Waals surface area contributed by atoms with Gasteiger partial charge in [0, 0.05) is 23.3 Å². The lowest BCUT2D eigenvalue weighted by molar-refractivity contribution is -0.142. The van der Waals surface area contributed by atoms with Crippen LogP contribution in [0, 0.1) is 16.7 Å². The summed E-state index contributed by atoms with van der Waals surface area (Å²) >= 11 is 0. The number of aromatic nitrogens is 2. The summed E-state index contributed by atoms with van der Waals surface area (Å²) in [5, 5.41) is 4.91. The summed E-state index contributed by atoms with van der Waals surface area (Å²) < 4.78 is 40.0. The average Bonchev–Trinajstić information content (AvgIpc) is 4.08. The average molecular weight is 785 g/mol. The van der Waals surface area contributed by atoms with Crippen LogP contribution in [0.15, 0.2) is 67.3 Å². The maximum absolute atomic E-state index is 14.7. The molecule has 7 rings (SSSR count). The summed E-state index contributed by atoms with van der Waals surface area (Å²) in [7, 11) is -3.92. The third-order valence-electron chi connectivity index (χ3n) is 10.8. The number of ether oxygens (including phenoxy) is 2. The minimum Gasteiger partial charge on any atom is -0.471 e. The predicted molar refractivity (Wildman–Crippen MR) is 209 cm³/mol. The van der Waals surface area contributed by atoms with E-state index in [0.717, 1.165) is 11.1 Å². The van der Waals surface area contributed by atoms with Crippen LogP contribution in [0.3, 0.4) is 0 Å². The fraction of sp³-hybridized carbons (Fsp3) is 0.463. The largest absolute Gasteiger partial charge is 0.471 e. The highest BCUT2D eigenvalue weighted by Crippen LogP contribution is 2.46. The Morgan fingerprint density at radius 1 is 1.05 bits per heavy atom. The molecule has 15 heteroatoms. The second kappa shape index (κ2) is 14.3. The molecule has 0 radical (unpaired) electrons. The van der Waals surface area contributed by atoms with E-state index in [1.54, 1.807) is 20.8 Å². The topological polar surface area (TPSA) is 186 Å². The molecule has 2 aliphatic heterocycles. The molecule has 4 bridgehead atoms. The van der Waals surface area contributed by atoms with Gasteiger partial charge in [-0.2, -0.15) is 0 Å². The highest BCUT2D eigenvalue weighted by atomic mass is 32.2. The Labute approximate surface area is 326 Å². The molecule has 2 saturated carbocycles. The molecule has 1 saturated heterocycles. The van der Waals surface area contributed by atoms with Crippen molar-refractivity contribution < 1.29 is 37.1 Å². The highest BCUT2D eigenvalue weighted by molar-refractivity contribution is 7.91. The number of carbonyl (C=O) groups is 4. The summed E-state index contributed by atoms with van der Waals surface area (Å²) in [6.45, 7) is 12.9. The Kier molecular flexibility index (Phi) is 9.96. The van der Waals surface area contributed by atoms with Gasteiger partial charge in [0.25, 0.3) is 5.91 Å². The SMILES string of the molecule is C=C[C@@H]1C[C@]1(NC(=O)[C@@H]1C[C@@H]2CN1C(=O)[C@H](C(C)(C)C)NC(=O)OCC(C)(C)/C=C/c1cccc(c1)-c1nc3ccccc3nc1O2)C(=O)NS(=O)(=O)C1CC1. The molecule has 4 aliphatic rings. The number of cyclic esters (lactones) is 1. The fourth-order valence-electron chi connectivity index (χ4n) is 7.19. The van der Waals surface area contributed by atoms with Crippen LogP contribution in [0.1, 0.15) is 65.9 Å². The lowest BCUT2D eigenvalue weighted by atomic mass is 9.85. The maximum atomic E-state index is 14.7. The first kappa shape index (κ1) is 38.9. The summed E-state index contributed by atoms with van der Waals surface area (Å²) in [6.07, 6.45) is 4.82. The Bertz CT molecular complexity index is 2250. The van der Waals surface area contributed by atoms with Gasteiger partial charge in [-0.3, -0.25) is 19.1 Å². The number of carbonyl (C=O) groups excluding carboxylic acids is 4.